The second-order valence-corrected chi connectivity index (χ2v) is 6.88. The Morgan fingerprint density at radius 2 is 1.81 bits per heavy atom. The summed E-state index contributed by atoms with van der Waals surface area (Å²) in [6, 6.07) is 14.1. The molecule has 5 heteroatoms. The first kappa shape index (κ1) is 18.8. The molecule has 0 aliphatic carbocycles. The smallest absolute Gasteiger partial charge is 0.221 e. The van der Waals surface area contributed by atoms with E-state index in [1.165, 1.54) is 0 Å². The molecule has 2 N–H and O–H groups in total. The first-order valence-electron chi connectivity index (χ1n) is 9.10. The Balaban J connectivity index is 2.06. The molecular weight excluding hydrogens is 340 g/mol. The van der Waals surface area contributed by atoms with E-state index in [0.717, 1.165) is 22.0 Å². The van der Waals surface area contributed by atoms with Gasteiger partial charge >= 0.3 is 0 Å². The molecule has 0 saturated heterocycles. The maximum absolute atomic E-state index is 12.6. The van der Waals surface area contributed by atoms with Gasteiger partial charge in [-0.2, -0.15) is 0 Å². The molecule has 1 aromatic heterocycles. The minimum atomic E-state index is -0.0975. The van der Waals surface area contributed by atoms with Gasteiger partial charge in [-0.05, 0) is 43.2 Å². The number of rotatable bonds is 7. The van der Waals surface area contributed by atoms with Crippen LogP contribution in [-0.2, 0) is 4.79 Å². The van der Waals surface area contributed by atoms with Gasteiger partial charge in [0.1, 0.15) is 0 Å². The third kappa shape index (κ3) is 4.08. The quantitative estimate of drug-likeness (QED) is 0.658. The van der Waals surface area contributed by atoms with Crippen LogP contribution in [-0.4, -0.2) is 31.2 Å². The first-order valence-corrected chi connectivity index (χ1v) is 9.10. The van der Waals surface area contributed by atoms with E-state index in [-0.39, 0.29) is 17.9 Å². The third-order valence-corrected chi connectivity index (χ3v) is 4.65. The van der Waals surface area contributed by atoms with Crippen molar-refractivity contribution in [2.75, 3.05) is 14.2 Å². The highest BCUT2D eigenvalue weighted by molar-refractivity contribution is 5.86. The second-order valence-electron chi connectivity index (χ2n) is 6.88. The Hall–Kier alpha value is -2.95. The summed E-state index contributed by atoms with van der Waals surface area (Å²) in [5, 5.41) is 4.12. The average Bonchev–Trinajstić information content (AvgIpc) is 3.09. The molecule has 1 heterocycles. The molecule has 1 amide bonds. The minimum absolute atomic E-state index is 0.0232. The molecule has 0 bridgehead atoms. The number of carbonyl (C=O) groups is 1. The molecule has 1 atom stereocenters. The fraction of sp³-hybridized carbons (Fsp3) is 0.318. The highest BCUT2D eigenvalue weighted by Crippen LogP contribution is 2.37. The van der Waals surface area contributed by atoms with E-state index >= 15 is 0 Å². The van der Waals surface area contributed by atoms with Crippen molar-refractivity contribution in [2.45, 2.75) is 32.2 Å². The number of benzene rings is 2. The molecule has 27 heavy (non-hydrogen) atoms. The van der Waals surface area contributed by atoms with Gasteiger partial charge in [-0.15, -0.1) is 0 Å². The van der Waals surface area contributed by atoms with Crippen LogP contribution in [0.2, 0.25) is 0 Å². The van der Waals surface area contributed by atoms with Crippen molar-refractivity contribution >= 4 is 16.8 Å². The van der Waals surface area contributed by atoms with Gasteiger partial charge in [0.15, 0.2) is 11.5 Å². The van der Waals surface area contributed by atoms with E-state index in [1.54, 1.807) is 14.2 Å². The number of aromatic nitrogens is 1. The molecule has 0 spiro atoms. The summed E-state index contributed by atoms with van der Waals surface area (Å²) in [6.45, 7) is 3.93. The van der Waals surface area contributed by atoms with Crippen molar-refractivity contribution in [3.63, 3.8) is 0 Å². The zero-order chi connectivity index (χ0) is 19.4. The summed E-state index contributed by atoms with van der Waals surface area (Å²) in [6.07, 6.45) is 2.35. The number of methoxy groups -OCH3 is 2. The largest absolute Gasteiger partial charge is 0.493 e. The highest BCUT2D eigenvalue weighted by atomic mass is 16.5. The zero-order valence-corrected chi connectivity index (χ0v) is 16.2. The van der Waals surface area contributed by atoms with Crippen molar-refractivity contribution in [1.82, 2.24) is 10.3 Å². The number of amides is 1. The number of ether oxygens (including phenoxy) is 2. The fourth-order valence-corrected chi connectivity index (χ4v) is 3.43. The fourth-order valence-electron chi connectivity index (χ4n) is 3.43. The van der Waals surface area contributed by atoms with E-state index in [4.69, 9.17) is 9.47 Å². The van der Waals surface area contributed by atoms with Gasteiger partial charge in [0.25, 0.3) is 0 Å². The lowest BCUT2D eigenvalue weighted by Crippen LogP contribution is -2.31. The predicted octanol–water partition coefficient (Wildman–Crippen LogP) is 4.23. The summed E-state index contributed by atoms with van der Waals surface area (Å²) in [5.74, 6) is 1.25. The molecule has 142 valence electrons. The minimum Gasteiger partial charge on any atom is -0.493 e. The van der Waals surface area contributed by atoms with Crippen molar-refractivity contribution < 1.29 is 14.3 Å². The molecule has 3 aromatic rings. The van der Waals surface area contributed by atoms with Crippen LogP contribution in [0.4, 0.5) is 0 Å². The molecule has 0 aliphatic rings. The van der Waals surface area contributed by atoms with Crippen LogP contribution in [0.5, 0.6) is 11.5 Å². The van der Waals surface area contributed by atoms with Crippen LogP contribution < -0.4 is 14.8 Å². The lowest BCUT2D eigenvalue weighted by molar-refractivity contribution is -0.121. The standard InChI is InChI=1S/C22H26N2O3/c1-14(2)24-22(25)12-17(15-9-10-20(26-3)21(11-15)27-4)18-13-23-19-8-6-5-7-16(18)19/h5-11,13-14,17,23H,12H2,1-4H3,(H,24,25)/t17-/m1/s1. The maximum Gasteiger partial charge on any atom is 0.221 e. The topological polar surface area (TPSA) is 63.3 Å². The molecule has 2 aromatic carbocycles. The number of aromatic amines is 1. The Labute approximate surface area is 159 Å². The van der Waals surface area contributed by atoms with Gasteiger partial charge in [-0.25, -0.2) is 0 Å². The van der Waals surface area contributed by atoms with Gasteiger partial charge in [-0.3, -0.25) is 4.79 Å². The van der Waals surface area contributed by atoms with Crippen molar-refractivity contribution in [3.8, 4) is 11.5 Å². The van der Waals surface area contributed by atoms with Crippen LogP contribution in [0.15, 0.2) is 48.7 Å². The maximum atomic E-state index is 12.6. The zero-order valence-electron chi connectivity index (χ0n) is 16.2. The lowest BCUT2D eigenvalue weighted by Gasteiger charge is -2.19. The number of H-pyrrole nitrogens is 1. The van der Waals surface area contributed by atoms with Crippen LogP contribution >= 0.6 is 0 Å². The number of hydrogen-bond donors (Lipinski definition) is 2. The van der Waals surface area contributed by atoms with E-state index in [9.17, 15) is 4.79 Å². The highest BCUT2D eigenvalue weighted by Gasteiger charge is 2.23. The predicted molar refractivity (Wildman–Crippen MR) is 108 cm³/mol. The third-order valence-electron chi connectivity index (χ3n) is 4.65. The van der Waals surface area contributed by atoms with Gasteiger partial charge in [0.2, 0.25) is 5.91 Å². The molecule has 0 fully saturated rings. The number of hydrogen-bond acceptors (Lipinski definition) is 3. The molecule has 5 nitrogen and oxygen atoms in total. The van der Waals surface area contributed by atoms with Gasteiger partial charge in [0, 0.05) is 35.5 Å². The van der Waals surface area contributed by atoms with E-state index in [1.807, 2.05) is 56.4 Å². The number of fused-ring (bicyclic) bond motifs is 1. The molecule has 0 radical (unpaired) electrons. The van der Waals surface area contributed by atoms with Crippen LogP contribution in [0.25, 0.3) is 10.9 Å². The molecular formula is C22H26N2O3. The molecule has 0 unspecified atom stereocenters. The van der Waals surface area contributed by atoms with Gasteiger partial charge in [-0.1, -0.05) is 24.3 Å². The monoisotopic (exact) mass is 366 g/mol. The van der Waals surface area contributed by atoms with Gasteiger partial charge < -0.3 is 19.8 Å². The Kier molecular flexibility index (Phi) is 5.69. The van der Waals surface area contributed by atoms with Gasteiger partial charge in [0.05, 0.1) is 14.2 Å². The van der Waals surface area contributed by atoms with E-state index in [0.29, 0.717) is 17.9 Å². The molecule has 0 aliphatic heterocycles. The first-order chi connectivity index (χ1) is 13.0. The Morgan fingerprint density at radius 3 is 2.52 bits per heavy atom. The molecule has 0 saturated carbocycles. The lowest BCUT2D eigenvalue weighted by atomic mass is 9.87. The SMILES string of the molecule is COc1ccc([C@@H](CC(=O)NC(C)C)c2c[nH]c3ccccc23)cc1OC. The second kappa shape index (κ2) is 8.16. The average molecular weight is 366 g/mol. The summed E-state index contributed by atoms with van der Waals surface area (Å²) in [4.78, 5) is 15.9. The summed E-state index contributed by atoms with van der Waals surface area (Å²) >= 11 is 0. The normalized spacial score (nSPS) is 12.2. The Morgan fingerprint density at radius 1 is 1.07 bits per heavy atom. The van der Waals surface area contributed by atoms with E-state index in [2.05, 4.69) is 16.4 Å². The van der Waals surface area contributed by atoms with Crippen LogP contribution in [0, 0.1) is 0 Å². The number of carbonyl (C=O) groups excluding carboxylic acids is 1. The van der Waals surface area contributed by atoms with Crippen molar-refractivity contribution in [3.05, 3.63) is 59.8 Å². The van der Waals surface area contributed by atoms with Crippen LogP contribution in [0.3, 0.4) is 0 Å². The van der Waals surface area contributed by atoms with Crippen molar-refractivity contribution in [2.24, 2.45) is 0 Å². The summed E-state index contributed by atoms with van der Waals surface area (Å²) in [5.41, 5.74) is 3.16. The number of para-hydroxylation sites is 1. The van der Waals surface area contributed by atoms with E-state index < -0.39 is 0 Å². The Bertz CT molecular complexity index is 930. The molecule has 3 rings (SSSR count). The van der Waals surface area contributed by atoms with Crippen LogP contribution in [0.1, 0.15) is 37.3 Å². The number of nitrogens with one attached hydrogen (secondary N) is 2. The van der Waals surface area contributed by atoms with Crippen molar-refractivity contribution in [1.29, 1.82) is 0 Å². The summed E-state index contributed by atoms with van der Waals surface area (Å²) in [7, 11) is 3.23. The summed E-state index contributed by atoms with van der Waals surface area (Å²) < 4.78 is 10.8.